The lowest BCUT2D eigenvalue weighted by molar-refractivity contribution is -0.140. The maximum Gasteiger partial charge on any atom is 0.307 e. The number of carboxylic acids is 1. The van der Waals surface area contributed by atoms with Crippen LogP contribution in [0.2, 0.25) is 0 Å². The van der Waals surface area contributed by atoms with Gasteiger partial charge in [-0.05, 0) is 12.8 Å². The Balaban J connectivity index is 1.79. The number of rotatable bonds is 5. The molecule has 0 bridgehead atoms. The third-order valence-corrected chi connectivity index (χ3v) is 3.83. The van der Waals surface area contributed by atoms with Gasteiger partial charge in [0.25, 0.3) is 0 Å². The summed E-state index contributed by atoms with van der Waals surface area (Å²) in [4.78, 5) is 26.5. The van der Waals surface area contributed by atoms with Gasteiger partial charge in [-0.25, -0.2) is 4.98 Å². The molecule has 6 heteroatoms. The standard InChI is InChI=1S/C11H14N2O3S/c1-2-9-13-6(5-17-9)4-12-10(14)7-3-8(7)11(15)16/h5,7-8H,2-4H2,1H3,(H,12,14)(H,15,16)/t7-,8-/m0/s1. The lowest BCUT2D eigenvalue weighted by Crippen LogP contribution is -2.26. The number of carbonyl (C=O) groups is 2. The van der Waals surface area contributed by atoms with E-state index in [1.807, 2.05) is 12.3 Å². The average Bonchev–Trinajstić information content (AvgIpc) is 2.99. The molecule has 0 aromatic carbocycles. The van der Waals surface area contributed by atoms with Gasteiger partial charge in [0, 0.05) is 5.38 Å². The van der Waals surface area contributed by atoms with E-state index in [0.29, 0.717) is 13.0 Å². The molecule has 2 N–H and O–H groups in total. The number of aryl methyl sites for hydroxylation is 1. The first kappa shape index (κ1) is 12.0. The zero-order valence-electron chi connectivity index (χ0n) is 9.47. The van der Waals surface area contributed by atoms with Gasteiger partial charge in [-0.3, -0.25) is 9.59 Å². The van der Waals surface area contributed by atoms with Gasteiger partial charge in [0.05, 0.1) is 29.1 Å². The van der Waals surface area contributed by atoms with E-state index in [2.05, 4.69) is 10.3 Å². The first-order valence-corrected chi connectivity index (χ1v) is 6.43. The molecule has 2 atom stereocenters. The van der Waals surface area contributed by atoms with Crippen LogP contribution in [0, 0.1) is 11.8 Å². The number of nitrogens with zero attached hydrogens (tertiary/aromatic N) is 1. The molecule has 0 saturated heterocycles. The van der Waals surface area contributed by atoms with Crippen molar-refractivity contribution < 1.29 is 14.7 Å². The van der Waals surface area contributed by atoms with Crippen LogP contribution in [0.5, 0.6) is 0 Å². The number of amides is 1. The highest BCUT2D eigenvalue weighted by molar-refractivity contribution is 7.09. The molecule has 1 heterocycles. The third kappa shape index (κ3) is 2.82. The summed E-state index contributed by atoms with van der Waals surface area (Å²) in [5, 5.41) is 14.4. The fourth-order valence-corrected chi connectivity index (χ4v) is 2.40. The summed E-state index contributed by atoms with van der Waals surface area (Å²) in [6.07, 6.45) is 1.35. The maximum atomic E-state index is 11.6. The van der Waals surface area contributed by atoms with Gasteiger partial charge in [0.15, 0.2) is 0 Å². The van der Waals surface area contributed by atoms with E-state index in [1.54, 1.807) is 11.3 Å². The lowest BCUT2D eigenvalue weighted by atomic mass is 10.3. The van der Waals surface area contributed by atoms with Crippen LogP contribution < -0.4 is 5.32 Å². The average molecular weight is 254 g/mol. The summed E-state index contributed by atoms with van der Waals surface area (Å²) >= 11 is 1.57. The smallest absolute Gasteiger partial charge is 0.307 e. The van der Waals surface area contributed by atoms with Gasteiger partial charge in [-0.15, -0.1) is 11.3 Å². The molecule has 0 radical (unpaired) electrons. The summed E-state index contributed by atoms with van der Waals surface area (Å²) < 4.78 is 0. The Morgan fingerprint density at radius 2 is 2.35 bits per heavy atom. The molecular formula is C11H14N2O3S. The fraction of sp³-hybridized carbons (Fsp3) is 0.545. The van der Waals surface area contributed by atoms with Crippen molar-refractivity contribution >= 4 is 23.2 Å². The Morgan fingerprint density at radius 3 is 2.88 bits per heavy atom. The third-order valence-electron chi connectivity index (χ3n) is 2.79. The molecule has 92 valence electrons. The highest BCUT2D eigenvalue weighted by Gasteiger charge is 2.48. The number of hydrogen-bond acceptors (Lipinski definition) is 4. The van der Waals surface area contributed by atoms with E-state index >= 15 is 0 Å². The molecule has 5 nitrogen and oxygen atoms in total. The summed E-state index contributed by atoms with van der Waals surface area (Å²) in [7, 11) is 0. The first-order chi connectivity index (χ1) is 8.11. The SMILES string of the molecule is CCc1nc(CNC(=O)[C@H]2C[C@@H]2C(=O)O)cs1. The van der Waals surface area contributed by atoms with Crippen LogP contribution in [0.1, 0.15) is 24.0 Å². The van der Waals surface area contributed by atoms with Gasteiger partial charge >= 0.3 is 5.97 Å². The van der Waals surface area contributed by atoms with Gasteiger partial charge in [-0.1, -0.05) is 6.92 Å². The minimum atomic E-state index is -0.882. The van der Waals surface area contributed by atoms with Crippen molar-refractivity contribution in [1.82, 2.24) is 10.3 Å². The maximum absolute atomic E-state index is 11.6. The zero-order chi connectivity index (χ0) is 12.4. The van der Waals surface area contributed by atoms with Gasteiger partial charge in [-0.2, -0.15) is 0 Å². The second-order valence-electron chi connectivity index (χ2n) is 4.09. The molecule has 1 saturated carbocycles. The molecule has 0 unspecified atom stereocenters. The van der Waals surface area contributed by atoms with Crippen LogP contribution >= 0.6 is 11.3 Å². The van der Waals surface area contributed by atoms with Crippen LogP contribution in [0.3, 0.4) is 0 Å². The number of carbonyl (C=O) groups excluding carboxylic acids is 1. The van der Waals surface area contributed by atoms with Crippen molar-refractivity contribution in [3.8, 4) is 0 Å². The Hall–Kier alpha value is -1.43. The van der Waals surface area contributed by atoms with Crippen LogP contribution in [-0.4, -0.2) is 22.0 Å². The summed E-state index contributed by atoms with van der Waals surface area (Å²) in [5.41, 5.74) is 0.840. The van der Waals surface area contributed by atoms with Gasteiger partial charge in [0.2, 0.25) is 5.91 Å². The summed E-state index contributed by atoms with van der Waals surface area (Å²) in [6.45, 7) is 2.42. The number of carboxylic acid groups (broad SMARTS) is 1. The molecule has 1 aromatic heterocycles. The Labute approximate surface area is 103 Å². The van der Waals surface area contributed by atoms with Crippen molar-refractivity contribution in [2.75, 3.05) is 0 Å². The predicted octanol–water partition coefficient (Wildman–Crippen LogP) is 1.04. The van der Waals surface area contributed by atoms with Crippen LogP contribution in [-0.2, 0) is 22.6 Å². The highest BCUT2D eigenvalue weighted by atomic mass is 32.1. The number of thiazole rings is 1. The molecule has 0 aliphatic heterocycles. The Morgan fingerprint density at radius 1 is 1.59 bits per heavy atom. The topological polar surface area (TPSA) is 79.3 Å². The van der Waals surface area contributed by atoms with E-state index < -0.39 is 11.9 Å². The van der Waals surface area contributed by atoms with Crippen LogP contribution in [0.25, 0.3) is 0 Å². The number of aliphatic carboxylic acids is 1. The lowest BCUT2D eigenvalue weighted by Gasteiger charge is -2.01. The van der Waals surface area contributed by atoms with E-state index in [9.17, 15) is 9.59 Å². The molecule has 1 aliphatic carbocycles. The van der Waals surface area contributed by atoms with Crippen molar-refractivity contribution in [2.45, 2.75) is 26.3 Å². The van der Waals surface area contributed by atoms with E-state index in [-0.39, 0.29) is 11.8 Å². The number of nitrogens with one attached hydrogen (secondary N) is 1. The number of aromatic nitrogens is 1. The molecule has 1 amide bonds. The monoisotopic (exact) mass is 254 g/mol. The Bertz CT molecular complexity index is 444. The quantitative estimate of drug-likeness (QED) is 0.823. The van der Waals surface area contributed by atoms with Crippen LogP contribution in [0.4, 0.5) is 0 Å². The van der Waals surface area contributed by atoms with Crippen molar-refractivity contribution in [3.05, 3.63) is 16.1 Å². The molecule has 17 heavy (non-hydrogen) atoms. The minimum Gasteiger partial charge on any atom is -0.481 e. The summed E-state index contributed by atoms with van der Waals surface area (Å²) in [6, 6.07) is 0. The molecule has 1 fully saturated rings. The minimum absolute atomic E-state index is 0.177. The first-order valence-electron chi connectivity index (χ1n) is 5.55. The Kier molecular flexibility index (Phi) is 3.42. The summed E-state index contributed by atoms with van der Waals surface area (Å²) in [5.74, 6) is -1.90. The largest absolute Gasteiger partial charge is 0.481 e. The molecule has 1 aromatic rings. The normalized spacial score (nSPS) is 22.2. The van der Waals surface area contributed by atoms with Gasteiger partial charge in [0.1, 0.15) is 0 Å². The molecule has 0 spiro atoms. The zero-order valence-corrected chi connectivity index (χ0v) is 10.3. The second kappa shape index (κ2) is 4.83. The van der Waals surface area contributed by atoms with E-state index in [4.69, 9.17) is 5.11 Å². The van der Waals surface area contributed by atoms with Crippen LogP contribution in [0.15, 0.2) is 5.38 Å². The molecule has 1 aliphatic rings. The van der Waals surface area contributed by atoms with Crippen molar-refractivity contribution in [3.63, 3.8) is 0 Å². The predicted molar refractivity (Wildman–Crippen MR) is 62.6 cm³/mol. The highest BCUT2D eigenvalue weighted by Crippen LogP contribution is 2.38. The second-order valence-corrected chi connectivity index (χ2v) is 5.03. The molecular weight excluding hydrogens is 240 g/mol. The molecule has 2 rings (SSSR count). The van der Waals surface area contributed by atoms with Crippen molar-refractivity contribution in [1.29, 1.82) is 0 Å². The van der Waals surface area contributed by atoms with E-state index in [1.165, 1.54) is 0 Å². The van der Waals surface area contributed by atoms with E-state index in [0.717, 1.165) is 17.1 Å². The van der Waals surface area contributed by atoms with Crippen molar-refractivity contribution in [2.24, 2.45) is 11.8 Å². The van der Waals surface area contributed by atoms with Gasteiger partial charge < -0.3 is 10.4 Å². The fourth-order valence-electron chi connectivity index (χ4n) is 1.66. The number of hydrogen-bond donors (Lipinski definition) is 2.